The molecule has 0 fully saturated rings. The topological polar surface area (TPSA) is 51.7 Å². The minimum atomic E-state index is -1.03. The molecule has 32 heavy (non-hydrogen) atoms. The van der Waals surface area contributed by atoms with Crippen LogP contribution in [0.3, 0.4) is 0 Å². The second-order valence-corrected chi connectivity index (χ2v) is 8.60. The normalized spacial score (nSPS) is 11.7. The van der Waals surface area contributed by atoms with Gasteiger partial charge in [-0.1, -0.05) is 12.1 Å². The molecule has 1 atom stereocenters. The number of benzene rings is 2. The lowest BCUT2D eigenvalue weighted by molar-refractivity contribution is 0.0600. The van der Waals surface area contributed by atoms with Crippen LogP contribution in [0.2, 0.25) is 0 Å². The van der Waals surface area contributed by atoms with Crippen LogP contribution in [0.5, 0.6) is 5.75 Å². The van der Waals surface area contributed by atoms with E-state index in [1.165, 1.54) is 19.1 Å². The standard InChI is InChI=1S/C25H27FN2O3S/c1-17-12-23(28(15-19(3)26)32-22-6-5-11-27-14-22)24(13-18(17)2)31-16-20-7-9-21(10-8-20)25(29)30-4/h5-14,19H,15-16H2,1-4H3. The van der Waals surface area contributed by atoms with E-state index in [1.807, 2.05) is 54.6 Å². The van der Waals surface area contributed by atoms with Crippen LogP contribution in [-0.4, -0.2) is 30.8 Å². The summed E-state index contributed by atoms with van der Waals surface area (Å²) in [5, 5.41) is 0. The quantitative estimate of drug-likeness (QED) is 0.295. The van der Waals surface area contributed by atoms with Gasteiger partial charge in [-0.05, 0) is 85.8 Å². The van der Waals surface area contributed by atoms with Gasteiger partial charge in [0.05, 0.1) is 24.9 Å². The molecular weight excluding hydrogens is 427 g/mol. The van der Waals surface area contributed by atoms with Gasteiger partial charge in [-0.25, -0.2) is 9.18 Å². The number of alkyl halides is 1. The van der Waals surface area contributed by atoms with E-state index in [0.717, 1.165) is 27.3 Å². The molecule has 2 aromatic carbocycles. The molecule has 0 bridgehead atoms. The fourth-order valence-electron chi connectivity index (χ4n) is 3.04. The van der Waals surface area contributed by atoms with Crippen molar-refractivity contribution in [3.63, 3.8) is 0 Å². The highest BCUT2D eigenvalue weighted by Gasteiger charge is 2.19. The first-order valence-corrected chi connectivity index (χ1v) is 11.1. The molecule has 0 saturated carbocycles. The molecule has 0 amide bonds. The first kappa shape index (κ1) is 23.6. The van der Waals surface area contributed by atoms with Gasteiger partial charge in [-0.2, -0.15) is 0 Å². The van der Waals surface area contributed by atoms with Crippen molar-refractivity contribution in [1.29, 1.82) is 0 Å². The number of aryl methyl sites for hydroxylation is 2. The molecule has 1 heterocycles. The maximum Gasteiger partial charge on any atom is 0.337 e. The zero-order valence-electron chi connectivity index (χ0n) is 18.7. The molecule has 0 N–H and O–H groups in total. The summed E-state index contributed by atoms with van der Waals surface area (Å²) in [6, 6.07) is 14.9. The number of hydrogen-bond acceptors (Lipinski definition) is 6. The maximum absolute atomic E-state index is 14.1. The third-order valence-corrected chi connectivity index (χ3v) is 5.90. The molecule has 7 heteroatoms. The van der Waals surface area contributed by atoms with Crippen LogP contribution in [0.1, 0.15) is 34.0 Å². The third kappa shape index (κ3) is 6.23. The summed E-state index contributed by atoms with van der Waals surface area (Å²) < 4.78 is 26.9. The molecular formula is C25H27FN2O3S. The van der Waals surface area contributed by atoms with E-state index >= 15 is 0 Å². The number of nitrogens with zero attached hydrogens (tertiary/aromatic N) is 2. The highest BCUT2D eigenvalue weighted by Crippen LogP contribution is 2.38. The zero-order chi connectivity index (χ0) is 23.1. The summed E-state index contributed by atoms with van der Waals surface area (Å²) >= 11 is 1.43. The number of hydrogen-bond donors (Lipinski definition) is 0. The summed E-state index contributed by atoms with van der Waals surface area (Å²) in [7, 11) is 1.36. The smallest absolute Gasteiger partial charge is 0.337 e. The van der Waals surface area contributed by atoms with Crippen molar-refractivity contribution in [2.75, 3.05) is 18.0 Å². The van der Waals surface area contributed by atoms with Gasteiger partial charge in [0.1, 0.15) is 18.5 Å². The number of rotatable bonds is 9. The van der Waals surface area contributed by atoms with Crippen molar-refractivity contribution in [3.8, 4) is 5.75 Å². The van der Waals surface area contributed by atoms with Crippen LogP contribution in [0, 0.1) is 13.8 Å². The van der Waals surface area contributed by atoms with E-state index in [0.29, 0.717) is 17.9 Å². The fourth-order valence-corrected chi connectivity index (χ4v) is 4.07. The third-order valence-electron chi connectivity index (χ3n) is 4.88. The van der Waals surface area contributed by atoms with Crippen molar-refractivity contribution in [2.45, 2.75) is 38.4 Å². The molecule has 168 valence electrons. The van der Waals surface area contributed by atoms with Gasteiger partial charge in [0.15, 0.2) is 0 Å². The molecule has 3 rings (SSSR count). The number of carbonyl (C=O) groups is 1. The zero-order valence-corrected chi connectivity index (χ0v) is 19.5. The highest BCUT2D eigenvalue weighted by atomic mass is 32.2. The molecule has 0 saturated heterocycles. The van der Waals surface area contributed by atoms with Gasteiger partial charge in [-0.3, -0.25) is 4.98 Å². The number of aromatic nitrogens is 1. The van der Waals surface area contributed by atoms with Crippen molar-refractivity contribution in [2.24, 2.45) is 0 Å². The molecule has 1 aromatic heterocycles. The van der Waals surface area contributed by atoms with Crippen molar-refractivity contribution < 1.29 is 18.7 Å². The maximum atomic E-state index is 14.1. The molecule has 3 aromatic rings. The van der Waals surface area contributed by atoms with Gasteiger partial charge < -0.3 is 13.8 Å². The van der Waals surface area contributed by atoms with Gasteiger partial charge in [0, 0.05) is 17.3 Å². The SMILES string of the molecule is COC(=O)c1ccc(COc2cc(C)c(C)cc2N(CC(C)F)Sc2cccnc2)cc1. The van der Waals surface area contributed by atoms with Gasteiger partial charge in [0.25, 0.3) is 0 Å². The molecule has 5 nitrogen and oxygen atoms in total. The lowest BCUT2D eigenvalue weighted by Gasteiger charge is -2.27. The molecule has 0 aliphatic carbocycles. The number of anilines is 1. The lowest BCUT2D eigenvalue weighted by atomic mass is 10.1. The number of halogens is 1. The van der Waals surface area contributed by atoms with Crippen molar-refractivity contribution in [3.05, 3.63) is 83.2 Å². The summed E-state index contributed by atoms with van der Waals surface area (Å²) in [6.45, 7) is 6.11. The minimum Gasteiger partial charge on any atom is -0.487 e. The Labute approximate surface area is 192 Å². The van der Waals surface area contributed by atoms with E-state index < -0.39 is 6.17 Å². The van der Waals surface area contributed by atoms with Gasteiger partial charge in [0.2, 0.25) is 0 Å². The van der Waals surface area contributed by atoms with Gasteiger partial charge in [-0.15, -0.1) is 0 Å². The first-order valence-electron chi connectivity index (χ1n) is 10.3. The monoisotopic (exact) mass is 454 g/mol. The molecule has 1 unspecified atom stereocenters. The number of pyridine rings is 1. The Morgan fingerprint density at radius 2 is 1.88 bits per heavy atom. The van der Waals surface area contributed by atoms with Crippen LogP contribution in [-0.2, 0) is 11.3 Å². The Morgan fingerprint density at radius 1 is 1.16 bits per heavy atom. The number of methoxy groups -OCH3 is 1. The van der Waals surface area contributed by atoms with Crippen LogP contribution >= 0.6 is 11.9 Å². The second-order valence-electron chi connectivity index (χ2n) is 7.50. The Kier molecular flexibility index (Phi) is 8.11. The summed E-state index contributed by atoms with van der Waals surface area (Å²) in [6.07, 6.45) is 2.44. The van der Waals surface area contributed by atoms with Crippen molar-refractivity contribution >= 4 is 23.6 Å². The lowest BCUT2D eigenvalue weighted by Crippen LogP contribution is -2.23. The van der Waals surface area contributed by atoms with E-state index in [-0.39, 0.29) is 12.5 Å². The van der Waals surface area contributed by atoms with E-state index in [4.69, 9.17) is 9.47 Å². The second kappa shape index (κ2) is 11.0. The Bertz CT molecular complexity index is 1040. The fraction of sp³-hybridized carbons (Fsp3) is 0.280. The Balaban J connectivity index is 1.86. The van der Waals surface area contributed by atoms with Crippen LogP contribution in [0.25, 0.3) is 0 Å². The van der Waals surface area contributed by atoms with Gasteiger partial charge >= 0.3 is 5.97 Å². The number of carbonyl (C=O) groups excluding carboxylic acids is 1. The van der Waals surface area contributed by atoms with Crippen LogP contribution in [0.4, 0.5) is 10.1 Å². The molecule has 0 radical (unpaired) electrons. The van der Waals surface area contributed by atoms with E-state index in [1.54, 1.807) is 31.5 Å². The summed E-state index contributed by atoms with van der Waals surface area (Å²) in [5.41, 5.74) is 4.38. The predicted molar refractivity (Wildman–Crippen MR) is 126 cm³/mol. The van der Waals surface area contributed by atoms with Crippen LogP contribution in [0.15, 0.2) is 65.8 Å². The average Bonchev–Trinajstić information content (AvgIpc) is 2.79. The minimum absolute atomic E-state index is 0.201. The van der Waals surface area contributed by atoms with E-state index in [9.17, 15) is 9.18 Å². The average molecular weight is 455 g/mol. The molecule has 0 aliphatic rings. The van der Waals surface area contributed by atoms with Crippen molar-refractivity contribution in [1.82, 2.24) is 4.98 Å². The predicted octanol–water partition coefficient (Wildman–Crippen LogP) is 5.94. The number of esters is 1. The Morgan fingerprint density at radius 3 is 2.50 bits per heavy atom. The summed E-state index contributed by atoms with van der Waals surface area (Å²) in [5.74, 6) is 0.291. The van der Waals surface area contributed by atoms with E-state index in [2.05, 4.69) is 4.98 Å². The highest BCUT2D eigenvalue weighted by molar-refractivity contribution is 8.00. The molecule has 0 aliphatic heterocycles. The number of ether oxygens (including phenoxy) is 2. The van der Waals surface area contributed by atoms with Crippen LogP contribution < -0.4 is 9.04 Å². The largest absolute Gasteiger partial charge is 0.487 e. The summed E-state index contributed by atoms with van der Waals surface area (Å²) in [4.78, 5) is 16.7. The molecule has 0 spiro atoms. The first-order chi connectivity index (χ1) is 15.4. The Hall–Kier alpha value is -3.06.